The van der Waals surface area contributed by atoms with E-state index in [1.54, 1.807) is 0 Å². The standard InChI is InChI=1S/C33H58O6/c1-5-9-13-15-17-19-21-25-38-31-27(23-11-7-3)30(37-24-12-8-4)29(34)28(33(35)36)32(31)39-26-22-20-18-16-14-10-6-2/h34H,5-26H2,1-4H3,(H,35,36). The summed E-state index contributed by atoms with van der Waals surface area (Å²) in [5.41, 5.74) is 0.479. The van der Waals surface area contributed by atoms with E-state index in [9.17, 15) is 15.0 Å². The quantitative estimate of drug-likeness (QED) is 0.112. The Kier molecular flexibility index (Phi) is 20.3. The van der Waals surface area contributed by atoms with E-state index < -0.39 is 5.97 Å². The van der Waals surface area contributed by atoms with Gasteiger partial charge in [-0.1, -0.05) is 118 Å². The van der Waals surface area contributed by atoms with Crippen LogP contribution < -0.4 is 14.2 Å². The van der Waals surface area contributed by atoms with Crippen molar-refractivity contribution in [1.29, 1.82) is 0 Å². The van der Waals surface area contributed by atoms with Gasteiger partial charge in [0.15, 0.2) is 28.6 Å². The first-order valence-corrected chi connectivity index (χ1v) is 16.1. The fraction of sp³-hybridized carbons (Fsp3) is 0.788. The lowest BCUT2D eigenvalue weighted by Crippen LogP contribution is -2.13. The molecule has 0 saturated carbocycles. The minimum atomic E-state index is -1.23. The van der Waals surface area contributed by atoms with Gasteiger partial charge in [-0.05, 0) is 32.1 Å². The van der Waals surface area contributed by atoms with Crippen molar-refractivity contribution >= 4 is 5.97 Å². The molecule has 0 radical (unpaired) electrons. The normalized spacial score (nSPS) is 11.1. The van der Waals surface area contributed by atoms with E-state index >= 15 is 0 Å². The third-order valence-corrected chi connectivity index (χ3v) is 7.16. The molecule has 0 amide bonds. The molecule has 39 heavy (non-hydrogen) atoms. The van der Waals surface area contributed by atoms with E-state index in [1.165, 1.54) is 57.8 Å². The predicted octanol–water partition coefficient (Wildman–Crippen LogP) is 9.87. The molecule has 0 unspecified atom stereocenters. The zero-order valence-electron chi connectivity index (χ0n) is 25.6. The summed E-state index contributed by atoms with van der Waals surface area (Å²) in [4.78, 5) is 12.4. The molecular formula is C33H58O6. The van der Waals surface area contributed by atoms with Crippen LogP contribution in [-0.2, 0) is 6.42 Å². The molecule has 226 valence electrons. The molecule has 0 spiro atoms. The molecule has 0 aromatic heterocycles. The first kappa shape index (κ1) is 34.9. The van der Waals surface area contributed by atoms with Crippen LogP contribution in [-0.4, -0.2) is 36.0 Å². The number of aromatic carboxylic acids is 1. The highest BCUT2D eigenvalue weighted by atomic mass is 16.5. The van der Waals surface area contributed by atoms with Crippen LogP contribution in [0.3, 0.4) is 0 Å². The highest BCUT2D eigenvalue weighted by Gasteiger charge is 2.31. The van der Waals surface area contributed by atoms with Gasteiger partial charge in [0.1, 0.15) is 0 Å². The van der Waals surface area contributed by atoms with Crippen molar-refractivity contribution in [3.8, 4) is 23.0 Å². The molecule has 0 atom stereocenters. The lowest BCUT2D eigenvalue weighted by molar-refractivity contribution is 0.0686. The smallest absolute Gasteiger partial charge is 0.343 e. The van der Waals surface area contributed by atoms with Gasteiger partial charge in [0, 0.05) is 5.56 Å². The average molecular weight is 551 g/mol. The summed E-state index contributed by atoms with van der Waals surface area (Å²) in [7, 11) is 0. The highest BCUT2D eigenvalue weighted by Crippen LogP contribution is 2.49. The van der Waals surface area contributed by atoms with Gasteiger partial charge in [-0.15, -0.1) is 0 Å². The van der Waals surface area contributed by atoms with Crippen LogP contribution in [0.15, 0.2) is 0 Å². The van der Waals surface area contributed by atoms with Gasteiger partial charge >= 0.3 is 5.97 Å². The van der Waals surface area contributed by atoms with Crippen molar-refractivity contribution < 1.29 is 29.2 Å². The second kappa shape index (κ2) is 22.7. The summed E-state index contributed by atoms with van der Waals surface area (Å²) >= 11 is 0. The van der Waals surface area contributed by atoms with Crippen LogP contribution in [0.4, 0.5) is 0 Å². The molecule has 1 aromatic carbocycles. The van der Waals surface area contributed by atoms with Crippen molar-refractivity contribution in [2.45, 2.75) is 150 Å². The van der Waals surface area contributed by atoms with E-state index in [-0.39, 0.29) is 22.8 Å². The van der Waals surface area contributed by atoms with E-state index in [4.69, 9.17) is 14.2 Å². The molecule has 0 heterocycles. The van der Waals surface area contributed by atoms with E-state index in [1.807, 2.05) is 0 Å². The van der Waals surface area contributed by atoms with Gasteiger partial charge < -0.3 is 24.4 Å². The summed E-state index contributed by atoms with van der Waals surface area (Å²) in [6, 6.07) is 0. The molecule has 0 aliphatic heterocycles. The van der Waals surface area contributed by atoms with Crippen LogP contribution in [0.25, 0.3) is 0 Å². The SMILES string of the molecule is CCCCCCCCCOc1c(CCCC)c(OCCCC)c(O)c(C(=O)O)c1OCCCCCCCCC. The number of carboxylic acid groups (broad SMARTS) is 1. The molecule has 6 nitrogen and oxygen atoms in total. The van der Waals surface area contributed by atoms with E-state index in [2.05, 4.69) is 27.7 Å². The molecule has 1 aromatic rings. The molecule has 0 bridgehead atoms. The molecule has 1 rings (SSSR count). The number of phenols is 1. The summed E-state index contributed by atoms with van der Waals surface area (Å²) in [5, 5.41) is 21.3. The maximum atomic E-state index is 12.4. The Labute approximate surface area is 238 Å². The fourth-order valence-corrected chi connectivity index (χ4v) is 4.73. The Morgan fingerprint density at radius 1 is 0.538 bits per heavy atom. The minimum absolute atomic E-state index is 0.155. The van der Waals surface area contributed by atoms with Crippen LogP contribution in [0.2, 0.25) is 0 Å². The van der Waals surface area contributed by atoms with E-state index in [0.29, 0.717) is 32.0 Å². The molecule has 0 aliphatic carbocycles. The Hall–Kier alpha value is -2.11. The van der Waals surface area contributed by atoms with Gasteiger partial charge in [-0.25, -0.2) is 4.79 Å². The second-order valence-electron chi connectivity index (χ2n) is 10.7. The average Bonchev–Trinajstić information content (AvgIpc) is 2.92. The molecule has 0 aliphatic rings. The lowest BCUT2D eigenvalue weighted by atomic mass is 10.00. The summed E-state index contributed by atoms with van der Waals surface area (Å²) in [5.74, 6) is -0.734. The lowest BCUT2D eigenvalue weighted by Gasteiger charge is -2.23. The summed E-state index contributed by atoms with van der Waals surface area (Å²) in [6.07, 6.45) is 20.4. The summed E-state index contributed by atoms with van der Waals surface area (Å²) in [6.45, 7) is 9.91. The zero-order chi connectivity index (χ0) is 28.7. The topological polar surface area (TPSA) is 85.2 Å². The van der Waals surface area contributed by atoms with Gasteiger partial charge in [0.2, 0.25) is 0 Å². The Balaban J connectivity index is 3.16. The van der Waals surface area contributed by atoms with Crippen molar-refractivity contribution in [2.24, 2.45) is 0 Å². The number of carboxylic acids is 1. The van der Waals surface area contributed by atoms with Crippen molar-refractivity contribution in [2.75, 3.05) is 19.8 Å². The first-order chi connectivity index (χ1) is 19.0. The van der Waals surface area contributed by atoms with E-state index in [0.717, 1.165) is 63.4 Å². The maximum absolute atomic E-state index is 12.4. The third-order valence-electron chi connectivity index (χ3n) is 7.16. The molecule has 0 fully saturated rings. The Morgan fingerprint density at radius 3 is 1.44 bits per heavy atom. The molecule has 0 saturated heterocycles. The third kappa shape index (κ3) is 13.7. The van der Waals surface area contributed by atoms with Crippen LogP contribution in [0.1, 0.15) is 159 Å². The Morgan fingerprint density at radius 2 is 0.949 bits per heavy atom. The summed E-state index contributed by atoms with van der Waals surface area (Å²) < 4.78 is 18.5. The molecule has 6 heteroatoms. The highest BCUT2D eigenvalue weighted by molar-refractivity contribution is 5.97. The second-order valence-corrected chi connectivity index (χ2v) is 10.7. The number of aromatic hydroxyl groups is 1. The first-order valence-electron chi connectivity index (χ1n) is 16.1. The Bertz CT molecular complexity index is 776. The zero-order valence-corrected chi connectivity index (χ0v) is 25.6. The molecular weight excluding hydrogens is 492 g/mol. The number of rotatable bonds is 26. The van der Waals surface area contributed by atoms with Gasteiger partial charge in [-0.2, -0.15) is 0 Å². The monoisotopic (exact) mass is 550 g/mol. The number of hydrogen-bond acceptors (Lipinski definition) is 5. The van der Waals surface area contributed by atoms with Crippen LogP contribution in [0, 0.1) is 0 Å². The predicted molar refractivity (Wildman–Crippen MR) is 161 cm³/mol. The van der Waals surface area contributed by atoms with Gasteiger partial charge in [-0.3, -0.25) is 0 Å². The van der Waals surface area contributed by atoms with Crippen molar-refractivity contribution in [3.05, 3.63) is 11.1 Å². The van der Waals surface area contributed by atoms with Gasteiger partial charge in [0.25, 0.3) is 0 Å². The number of ether oxygens (including phenoxy) is 3. The largest absolute Gasteiger partial charge is 0.504 e. The van der Waals surface area contributed by atoms with Crippen molar-refractivity contribution in [1.82, 2.24) is 0 Å². The number of hydrogen-bond donors (Lipinski definition) is 2. The van der Waals surface area contributed by atoms with Gasteiger partial charge in [0.05, 0.1) is 19.8 Å². The number of carbonyl (C=O) groups is 1. The van der Waals surface area contributed by atoms with Crippen molar-refractivity contribution in [3.63, 3.8) is 0 Å². The van der Waals surface area contributed by atoms with Crippen LogP contribution >= 0.6 is 0 Å². The maximum Gasteiger partial charge on any atom is 0.343 e. The number of unbranched alkanes of at least 4 members (excludes halogenated alkanes) is 14. The van der Waals surface area contributed by atoms with Crippen LogP contribution in [0.5, 0.6) is 23.0 Å². The fourth-order valence-electron chi connectivity index (χ4n) is 4.73. The number of benzene rings is 1. The molecule has 2 N–H and O–H groups in total. The minimum Gasteiger partial charge on any atom is -0.504 e.